The van der Waals surface area contributed by atoms with Gasteiger partial charge in [0.25, 0.3) is 0 Å². The summed E-state index contributed by atoms with van der Waals surface area (Å²) in [7, 11) is 0. The van der Waals surface area contributed by atoms with E-state index in [0.717, 1.165) is 5.69 Å². The van der Waals surface area contributed by atoms with Gasteiger partial charge in [-0.1, -0.05) is 12.1 Å². The Kier molecular flexibility index (Phi) is 1.71. The molecule has 0 amide bonds. The molecule has 1 aliphatic rings. The predicted molar refractivity (Wildman–Crippen MR) is 51.7 cm³/mol. The summed E-state index contributed by atoms with van der Waals surface area (Å²) < 4.78 is 2.98. The summed E-state index contributed by atoms with van der Waals surface area (Å²) in [5.74, 6) is 0. The van der Waals surface area contributed by atoms with E-state index in [1.54, 1.807) is 11.9 Å². The highest BCUT2D eigenvalue weighted by atomic mass is 32.2. The van der Waals surface area contributed by atoms with Gasteiger partial charge in [-0.25, -0.2) is 0 Å². The normalized spacial score (nSPS) is 14.7. The minimum absolute atomic E-state index is 0.675. The Morgan fingerprint density at radius 2 is 2.09 bits per heavy atom. The molecule has 0 unspecified atom stereocenters. The molecule has 11 heavy (non-hydrogen) atoms. The molecule has 1 aromatic rings. The van der Waals surface area contributed by atoms with Crippen LogP contribution in [0.1, 0.15) is 0 Å². The van der Waals surface area contributed by atoms with Crippen LogP contribution < -0.4 is 10.0 Å². The maximum atomic E-state index is 4.94. The number of rotatable bonds is 0. The highest BCUT2D eigenvalue weighted by Crippen LogP contribution is 2.27. The molecular formula is C7H6N2S2. The molecule has 0 saturated carbocycles. The minimum Gasteiger partial charge on any atom is -0.331 e. The van der Waals surface area contributed by atoms with Crippen molar-refractivity contribution in [3.63, 3.8) is 0 Å². The standard InChI is InChI=1S/C7H6N2S2/c10-7-8-5-3-1-2-4-6(5)11-9-7/h1-4H,(H2,8,9,10). The summed E-state index contributed by atoms with van der Waals surface area (Å²) in [6.45, 7) is 0. The molecule has 0 atom stereocenters. The van der Waals surface area contributed by atoms with Crippen molar-refractivity contribution in [1.29, 1.82) is 0 Å². The third-order valence-corrected chi connectivity index (χ3v) is 2.60. The van der Waals surface area contributed by atoms with Gasteiger partial charge in [0.05, 0.1) is 10.6 Å². The van der Waals surface area contributed by atoms with Gasteiger partial charge in [-0.3, -0.25) is 0 Å². The second-order valence-electron chi connectivity index (χ2n) is 2.15. The van der Waals surface area contributed by atoms with Crippen LogP contribution in [-0.2, 0) is 0 Å². The SMILES string of the molecule is S=C1NSc2ccccc2N1. The number of benzene rings is 1. The van der Waals surface area contributed by atoms with Crippen molar-refractivity contribution >= 4 is 35.0 Å². The lowest BCUT2D eigenvalue weighted by Gasteiger charge is -2.18. The fraction of sp³-hybridized carbons (Fsp3) is 0. The highest BCUT2D eigenvalue weighted by molar-refractivity contribution is 7.99. The number of nitrogens with one attached hydrogen (secondary N) is 2. The zero-order valence-electron chi connectivity index (χ0n) is 5.63. The van der Waals surface area contributed by atoms with Crippen LogP contribution in [-0.4, -0.2) is 5.11 Å². The number of hydrogen-bond acceptors (Lipinski definition) is 2. The van der Waals surface area contributed by atoms with E-state index in [1.165, 1.54) is 4.90 Å². The van der Waals surface area contributed by atoms with Crippen LogP contribution in [0.2, 0.25) is 0 Å². The lowest BCUT2D eigenvalue weighted by Crippen LogP contribution is -2.26. The summed E-state index contributed by atoms with van der Waals surface area (Å²) in [5, 5.41) is 3.73. The number of para-hydroxylation sites is 1. The van der Waals surface area contributed by atoms with Crippen molar-refractivity contribution in [3.05, 3.63) is 24.3 Å². The molecule has 0 saturated heterocycles. The van der Waals surface area contributed by atoms with E-state index in [4.69, 9.17) is 12.2 Å². The molecule has 0 spiro atoms. The van der Waals surface area contributed by atoms with Gasteiger partial charge in [-0.05, 0) is 36.3 Å². The maximum Gasteiger partial charge on any atom is 0.181 e. The predicted octanol–water partition coefficient (Wildman–Crippen LogP) is 1.99. The molecule has 0 aromatic heterocycles. The Balaban J connectivity index is 2.41. The molecule has 0 radical (unpaired) electrons. The van der Waals surface area contributed by atoms with E-state index in [-0.39, 0.29) is 0 Å². The van der Waals surface area contributed by atoms with Crippen LogP contribution in [0.4, 0.5) is 5.69 Å². The van der Waals surface area contributed by atoms with E-state index >= 15 is 0 Å². The summed E-state index contributed by atoms with van der Waals surface area (Å²) in [4.78, 5) is 1.18. The van der Waals surface area contributed by atoms with Crippen LogP contribution in [0.5, 0.6) is 0 Å². The van der Waals surface area contributed by atoms with Gasteiger partial charge >= 0.3 is 0 Å². The molecule has 2 nitrogen and oxygen atoms in total. The van der Waals surface area contributed by atoms with Crippen molar-refractivity contribution in [1.82, 2.24) is 4.72 Å². The van der Waals surface area contributed by atoms with E-state index in [2.05, 4.69) is 10.0 Å². The fourth-order valence-electron chi connectivity index (χ4n) is 0.908. The molecule has 4 heteroatoms. The number of fused-ring (bicyclic) bond motifs is 1. The average molecular weight is 182 g/mol. The van der Waals surface area contributed by atoms with Crippen molar-refractivity contribution in [2.45, 2.75) is 4.90 Å². The average Bonchev–Trinajstić information content (AvgIpc) is 2.04. The number of hydrogen-bond donors (Lipinski definition) is 2. The monoisotopic (exact) mass is 182 g/mol. The second-order valence-corrected chi connectivity index (χ2v) is 3.41. The fourth-order valence-corrected chi connectivity index (χ4v) is 1.77. The summed E-state index contributed by atoms with van der Waals surface area (Å²) in [5.41, 5.74) is 1.08. The van der Waals surface area contributed by atoms with Gasteiger partial charge in [0, 0.05) is 0 Å². The lowest BCUT2D eigenvalue weighted by atomic mass is 10.3. The molecule has 1 aromatic carbocycles. The first-order valence-electron chi connectivity index (χ1n) is 3.19. The topological polar surface area (TPSA) is 24.1 Å². The zero-order chi connectivity index (χ0) is 7.68. The van der Waals surface area contributed by atoms with Crippen molar-refractivity contribution < 1.29 is 0 Å². The van der Waals surface area contributed by atoms with Crippen LogP contribution >= 0.6 is 24.2 Å². The Morgan fingerprint density at radius 3 is 3.00 bits per heavy atom. The van der Waals surface area contributed by atoms with E-state index in [0.29, 0.717) is 5.11 Å². The van der Waals surface area contributed by atoms with Gasteiger partial charge in [0.2, 0.25) is 0 Å². The van der Waals surface area contributed by atoms with E-state index < -0.39 is 0 Å². The molecule has 2 N–H and O–H groups in total. The Morgan fingerprint density at radius 1 is 1.27 bits per heavy atom. The number of anilines is 1. The van der Waals surface area contributed by atoms with Crippen molar-refractivity contribution in [2.75, 3.05) is 5.32 Å². The van der Waals surface area contributed by atoms with Crippen molar-refractivity contribution in [3.8, 4) is 0 Å². The molecule has 0 bridgehead atoms. The Labute approximate surface area is 74.5 Å². The maximum absolute atomic E-state index is 4.94. The molecule has 56 valence electrons. The van der Waals surface area contributed by atoms with Gasteiger partial charge < -0.3 is 10.0 Å². The van der Waals surface area contributed by atoms with Crippen LogP contribution in [0.25, 0.3) is 0 Å². The highest BCUT2D eigenvalue weighted by Gasteiger charge is 2.09. The van der Waals surface area contributed by atoms with Crippen LogP contribution in [0.15, 0.2) is 29.2 Å². The first kappa shape index (κ1) is 6.94. The second kappa shape index (κ2) is 2.71. The third-order valence-electron chi connectivity index (χ3n) is 1.39. The lowest BCUT2D eigenvalue weighted by molar-refractivity contribution is 1.36. The minimum atomic E-state index is 0.675. The summed E-state index contributed by atoms with van der Waals surface area (Å²) in [6.07, 6.45) is 0. The molecule has 0 aliphatic carbocycles. The summed E-state index contributed by atoms with van der Waals surface area (Å²) >= 11 is 6.48. The van der Waals surface area contributed by atoms with Gasteiger partial charge in [0.1, 0.15) is 0 Å². The molecular weight excluding hydrogens is 176 g/mol. The van der Waals surface area contributed by atoms with Crippen molar-refractivity contribution in [2.24, 2.45) is 0 Å². The van der Waals surface area contributed by atoms with Gasteiger partial charge in [-0.15, -0.1) is 0 Å². The zero-order valence-corrected chi connectivity index (χ0v) is 7.26. The summed E-state index contributed by atoms with van der Waals surface area (Å²) in [6, 6.07) is 8.04. The Bertz CT molecular complexity index is 298. The van der Waals surface area contributed by atoms with Crippen LogP contribution in [0.3, 0.4) is 0 Å². The molecule has 0 fully saturated rings. The first-order chi connectivity index (χ1) is 5.36. The quantitative estimate of drug-likeness (QED) is 0.473. The Hall–Kier alpha value is -0.740. The van der Waals surface area contributed by atoms with E-state index in [1.807, 2.05) is 24.3 Å². The van der Waals surface area contributed by atoms with E-state index in [9.17, 15) is 0 Å². The van der Waals surface area contributed by atoms with Gasteiger partial charge in [-0.2, -0.15) is 0 Å². The molecule has 1 heterocycles. The van der Waals surface area contributed by atoms with Gasteiger partial charge in [0.15, 0.2) is 5.11 Å². The van der Waals surface area contributed by atoms with Crippen LogP contribution in [0, 0.1) is 0 Å². The largest absolute Gasteiger partial charge is 0.331 e. The smallest absolute Gasteiger partial charge is 0.181 e. The molecule has 2 rings (SSSR count). The third kappa shape index (κ3) is 1.32. The first-order valence-corrected chi connectivity index (χ1v) is 4.41. The molecule has 1 aliphatic heterocycles. The number of thiocarbonyl (C=S) groups is 1.